The normalized spacial score (nSPS) is 14.6. The molecular weight excluding hydrogens is 609 g/mol. The summed E-state index contributed by atoms with van der Waals surface area (Å²) >= 11 is 0. The lowest BCUT2D eigenvalue weighted by molar-refractivity contribution is 0.451. The highest BCUT2D eigenvalue weighted by Crippen LogP contribution is 2.43. The molecule has 1 aromatic heterocycles. The van der Waals surface area contributed by atoms with Crippen molar-refractivity contribution in [1.29, 1.82) is 0 Å². The molecule has 2 heteroatoms. The third kappa shape index (κ3) is 5.21. The van der Waals surface area contributed by atoms with Crippen LogP contribution >= 0.6 is 0 Å². The maximum Gasteiger partial charge on any atom is 0.138 e. The first kappa shape index (κ1) is 30.0. The minimum atomic E-state index is 0.765. The molecule has 0 atom stereocenters. The number of ether oxygens (including phenoxy) is 1. The average Bonchev–Trinajstić information content (AvgIpc) is 3.75. The predicted molar refractivity (Wildman–Crippen MR) is 212 cm³/mol. The van der Waals surface area contributed by atoms with E-state index in [1.807, 2.05) is 12.1 Å². The van der Waals surface area contributed by atoms with E-state index in [9.17, 15) is 0 Å². The Morgan fingerprint density at radius 1 is 0.580 bits per heavy atom. The quantitative estimate of drug-likeness (QED) is 0.133. The highest BCUT2D eigenvalue weighted by Gasteiger charge is 2.21. The van der Waals surface area contributed by atoms with Crippen LogP contribution in [0.25, 0.3) is 65.4 Å². The van der Waals surface area contributed by atoms with E-state index in [0.717, 1.165) is 57.1 Å². The van der Waals surface area contributed by atoms with Gasteiger partial charge < -0.3 is 9.15 Å². The smallest absolute Gasteiger partial charge is 0.138 e. The summed E-state index contributed by atoms with van der Waals surface area (Å²) < 4.78 is 12.8. The van der Waals surface area contributed by atoms with Crippen LogP contribution in [-0.4, -0.2) is 0 Å². The molecule has 0 N–H and O–H groups in total. The molecule has 0 aliphatic carbocycles. The Hall–Kier alpha value is -6.12. The molecule has 50 heavy (non-hydrogen) atoms. The van der Waals surface area contributed by atoms with Crippen molar-refractivity contribution in [2.45, 2.75) is 26.7 Å². The van der Waals surface area contributed by atoms with Gasteiger partial charge in [-0.1, -0.05) is 133 Å². The monoisotopic (exact) mass is 644 g/mol. The third-order valence-electron chi connectivity index (χ3n) is 10.1. The van der Waals surface area contributed by atoms with Crippen LogP contribution in [-0.2, 0) is 12.8 Å². The Morgan fingerprint density at radius 2 is 1.20 bits per heavy atom. The van der Waals surface area contributed by atoms with Crippen molar-refractivity contribution in [1.82, 2.24) is 0 Å². The van der Waals surface area contributed by atoms with Gasteiger partial charge in [-0.2, -0.15) is 0 Å². The van der Waals surface area contributed by atoms with Gasteiger partial charge in [0.25, 0.3) is 0 Å². The van der Waals surface area contributed by atoms with Crippen LogP contribution in [0.5, 0.6) is 5.75 Å². The average molecular weight is 645 g/mol. The summed E-state index contributed by atoms with van der Waals surface area (Å²) in [5.74, 6) is 1.91. The van der Waals surface area contributed by atoms with Crippen molar-refractivity contribution >= 4 is 65.4 Å². The van der Waals surface area contributed by atoms with Gasteiger partial charge in [0.1, 0.15) is 22.7 Å². The molecule has 0 fully saturated rings. The standard InChI is InChI=1S/C48H36O2/c1-31(14-6-7-17-33-15-4-3-5-16-33)46-38-19-8-10-21-40(38)47(41-22-11-9-20-39(41)46)32(2)24-27-36-28-35-26-25-34-29-45-43(30-42(34)48(35)49-36)37-18-12-13-23-44(37)50-45/h3-16,18-27,29-30H,17,28H2,1-2H3/b7-6-,31-14+,32-24+,36-27+. The van der Waals surface area contributed by atoms with Crippen molar-refractivity contribution in [3.05, 3.63) is 186 Å². The number of para-hydroxylation sites is 1. The Balaban J connectivity index is 1.08. The largest absolute Gasteiger partial charge is 0.460 e. The van der Waals surface area contributed by atoms with Crippen molar-refractivity contribution in [3.8, 4) is 5.75 Å². The van der Waals surface area contributed by atoms with E-state index < -0.39 is 0 Å². The lowest BCUT2D eigenvalue weighted by Crippen LogP contribution is -1.94. The van der Waals surface area contributed by atoms with Gasteiger partial charge in [0.2, 0.25) is 0 Å². The fourth-order valence-corrected chi connectivity index (χ4v) is 7.66. The van der Waals surface area contributed by atoms with Gasteiger partial charge in [0.05, 0.1) is 0 Å². The summed E-state index contributed by atoms with van der Waals surface area (Å²) in [6, 6.07) is 45.2. The number of hydrogen-bond acceptors (Lipinski definition) is 2. The zero-order valence-electron chi connectivity index (χ0n) is 28.2. The highest BCUT2D eigenvalue weighted by molar-refractivity contribution is 6.16. The van der Waals surface area contributed by atoms with Crippen LogP contribution in [0.3, 0.4) is 0 Å². The first-order chi connectivity index (χ1) is 24.6. The maximum absolute atomic E-state index is 6.62. The van der Waals surface area contributed by atoms with E-state index in [0.29, 0.717) is 0 Å². The molecule has 0 saturated heterocycles. The molecule has 240 valence electrons. The van der Waals surface area contributed by atoms with E-state index in [1.54, 1.807) is 0 Å². The summed E-state index contributed by atoms with van der Waals surface area (Å²) in [5, 5.41) is 9.54. The second kappa shape index (κ2) is 12.4. The number of furan rings is 1. The summed E-state index contributed by atoms with van der Waals surface area (Å²) in [7, 11) is 0. The molecule has 2 nitrogen and oxygen atoms in total. The van der Waals surface area contributed by atoms with Crippen molar-refractivity contribution in [3.63, 3.8) is 0 Å². The van der Waals surface area contributed by atoms with Crippen LogP contribution in [0.2, 0.25) is 0 Å². The molecule has 1 aliphatic heterocycles. The minimum Gasteiger partial charge on any atom is -0.460 e. The van der Waals surface area contributed by atoms with Crippen LogP contribution in [0.1, 0.15) is 36.1 Å². The molecule has 0 saturated carbocycles. The van der Waals surface area contributed by atoms with E-state index in [-0.39, 0.29) is 0 Å². The number of benzene rings is 7. The second-order valence-corrected chi connectivity index (χ2v) is 13.3. The Morgan fingerprint density at radius 3 is 1.90 bits per heavy atom. The fourth-order valence-electron chi connectivity index (χ4n) is 7.66. The minimum absolute atomic E-state index is 0.765. The van der Waals surface area contributed by atoms with Gasteiger partial charge in [0, 0.05) is 28.1 Å². The van der Waals surface area contributed by atoms with E-state index in [1.165, 1.54) is 54.9 Å². The van der Waals surface area contributed by atoms with Crippen LogP contribution in [0.15, 0.2) is 168 Å². The van der Waals surface area contributed by atoms with Crippen molar-refractivity contribution in [2.75, 3.05) is 0 Å². The SMILES string of the molecule is C/C(=C\C=C/Cc1ccccc1)c1c2ccccc2c(/C(C)=C/C=C2\Cc3ccc4cc5oc6ccccc6c5cc4c3O2)c2ccccc12. The first-order valence-electron chi connectivity index (χ1n) is 17.4. The molecule has 0 amide bonds. The summed E-state index contributed by atoms with van der Waals surface area (Å²) in [6.45, 7) is 4.45. The molecule has 2 heterocycles. The number of allylic oxidation sites excluding steroid dienone is 8. The first-order valence-corrected chi connectivity index (χ1v) is 17.4. The summed E-state index contributed by atoms with van der Waals surface area (Å²) in [4.78, 5) is 0. The second-order valence-electron chi connectivity index (χ2n) is 13.3. The number of fused-ring (bicyclic) bond motifs is 8. The van der Waals surface area contributed by atoms with Gasteiger partial charge in [0.15, 0.2) is 0 Å². The lowest BCUT2D eigenvalue weighted by atomic mass is 9.86. The lowest BCUT2D eigenvalue weighted by Gasteiger charge is -2.18. The Kier molecular flexibility index (Phi) is 7.43. The number of hydrogen-bond donors (Lipinski definition) is 0. The summed E-state index contributed by atoms with van der Waals surface area (Å²) in [5.41, 5.74) is 9.35. The molecule has 9 rings (SSSR count). The third-order valence-corrected chi connectivity index (χ3v) is 10.1. The Labute approximate surface area is 291 Å². The zero-order valence-corrected chi connectivity index (χ0v) is 28.2. The molecule has 0 bridgehead atoms. The van der Waals surface area contributed by atoms with Crippen molar-refractivity contribution in [2.24, 2.45) is 0 Å². The molecule has 0 radical (unpaired) electrons. The van der Waals surface area contributed by atoms with Crippen molar-refractivity contribution < 1.29 is 9.15 Å². The van der Waals surface area contributed by atoms with Crippen LogP contribution in [0.4, 0.5) is 0 Å². The fraction of sp³-hybridized carbons (Fsp3) is 0.0833. The zero-order chi connectivity index (χ0) is 33.6. The maximum atomic E-state index is 6.62. The van der Waals surface area contributed by atoms with E-state index in [4.69, 9.17) is 9.15 Å². The predicted octanol–water partition coefficient (Wildman–Crippen LogP) is 13.2. The van der Waals surface area contributed by atoms with Gasteiger partial charge >= 0.3 is 0 Å². The van der Waals surface area contributed by atoms with Gasteiger partial charge in [-0.05, 0) is 99.3 Å². The molecule has 0 unspecified atom stereocenters. The van der Waals surface area contributed by atoms with Crippen LogP contribution in [0, 0.1) is 0 Å². The Bertz CT molecular complexity index is 2680. The molecule has 0 spiro atoms. The molecule has 1 aliphatic rings. The molecule has 8 aromatic rings. The number of rotatable bonds is 6. The molecular formula is C48H36O2. The van der Waals surface area contributed by atoms with E-state index in [2.05, 4.69) is 159 Å². The van der Waals surface area contributed by atoms with Gasteiger partial charge in [-0.3, -0.25) is 0 Å². The van der Waals surface area contributed by atoms with Gasteiger partial charge in [-0.15, -0.1) is 0 Å². The van der Waals surface area contributed by atoms with Crippen LogP contribution < -0.4 is 4.74 Å². The highest BCUT2D eigenvalue weighted by atomic mass is 16.5. The topological polar surface area (TPSA) is 22.4 Å². The molecule has 7 aromatic carbocycles. The van der Waals surface area contributed by atoms with E-state index >= 15 is 0 Å². The van der Waals surface area contributed by atoms with Gasteiger partial charge in [-0.25, -0.2) is 0 Å². The summed E-state index contributed by atoms with van der Waals surface area (Å²) in [6.07, 6.45) is 12.8.